The van der Waals surface area contributed by atoms with E-state index in [4.69, 9.17) is 16.5 Å². The molecular formula is C25H23N3. The summed E-state index contributed by atoms with van der Waals surface area (Å²) in [5.74, 6) is 0. The van der Waals surface area contributed by atoms with E-state index >= 15 is 0 Å². The molecule has 0 fully saturated rings. The highest BCUT2D eigenvalue weighted by Gasteiger charge is 2.11. The monoisotopic (exact) mass is 365 g/mol. The largest absolute Gasteiger partial charge is 0.398 e. The van der Waals surface area contributed by atoms with Gasteiger partial charge >= 0.3 is 0 Å². The summed E-state index contributed by atoms with van der Waals surface area (Å²) in [6.07, 6.45) is 1.92. The van der Waals surface area contributed by atoms with Crippen molar-refractivity contribution in [3.63, 3.8) is 0 Å². The van der Waals surface area contributed by atoms with Crippen molar-refractivity contribution in [3.8, 4) is 11.1 Å². The molecule has 0 aromatic heterocycles. The van der Waals surface area contributed by atoms with Gasteiger partial charge in [-0.25, -0.2) is 0 Å². The summed E-state index contributed by atoms with van der Waals surface area (Å²) in [7, 11) is 0. The molecule has 0 radical (unpaired) electrons. The summed E-state index contributed by atoms with van der Waals surface area (Å²) < 4.78 is 0. The Hall–Kier alpha value is -3.59. The van der Waals surface area contributed by atoms with Crippen LogP contribution >= 0.6 is 0 Å². The fourth-order valence-electron chi connectivity index (χ4n) is 3.64. The Bertz CT molecular complexity index is 1190. The van der Waals surface area contributed by atoms with Gasteiger partial charge in [-0.2, -0.15) is 0 Å². The van der Waals surface area contributed by atoms with Crippen molar-refractivity contribution in [1.82, 2.24) is 0 Å². The van der Waals surface area contributed by atoms with Gasteiger partial charge in [0.05, 0.1) is 5.69 Å². The third-order valence-corrected chi connectivity index (χ3v) is 5.16. The lowest BCUT2D eigenvalue weighted by molar-refractivity contribution is 1.33. The molecule has 28 heavy (non-hydrogen) atoms. The van der Waals surface area contributed by atoms with Crippen LogP contribution in [0.3, 0.4) is 0 Å². The summed E-state index contributed by atoms with van der Waals surface area (Å²) >= 11 is 0. The highest BCUT2D eigenvalue weighted by molar-refractivity contribution is 6.07. The Kier molecular flexibility index (Phi) is 4.58. The molecular weight excluding hydrogens is 342 g/mol. The Morgan fingerprint density at radius 2 is 1.39 bits per heavy atom. The van der Waals surface area contributed by atoms with E-state index in [2.05, 4.69) is 44.2 Å². The molecule has 0 aliphatic rings. The molecule has 4 N–H and O–H groups in total. The van der Waals surface area contributed by atoms with Gasteiger partial charge in [0.2, 0.25) is 0 Å². The second-order valence-corrected chi connectivity index (χ2v) is 7.06. The summed E-state index contributed by atoms with van der Waals surface area (Å²) in [6, 6.07) is 24.3. The quantitative estimate of drug-likeness (QED) is 0.343. The van der Waals surface area contributed by atoms with Crippen LogP contribution in [0.15, 0.2) is 77.8 Å². The Labute approximate surface area is 165 Å². The topological polar surface area (TPSA) is 64.4 Å². The molecule has 0 aliphatic heterocycles. The maximum atomic E-state index is 6.54. The number of aliphatic imine (C=N–C) groups is 1. The Morgan fingerprint density at radius 3 is 2.18 bits per heavy atom. The van der Waals surface area contributed by atoms with Gasteiger partial charge in [-0.15, -0.1) is 0 Å². The number of aryl methyl sites for hydroxylation is 2. The number of nitrogens with zero attached hydrogens (tertiary/aromatic N) is 1. The second kappa shape index (κ2) is 7.20. The van der Waals surface area contributed by atoms with Crippen molar-refractivity contribution in [2.75, 3.05) is 11.5 Å². The van der Waals surface area contributed by atoms with E-state index in [1.54, 1.807) is 0 Å². The smallest absolute Gasteiger partial charge is 0.0688 e. The number of hydrogen-bond donors (Lipinski definition) is 2. The molecule has 3 heteroatoms. The predicted molar refractivity (Wildman–Crippen MR) is 121 cm³/mol. The van der Waals surface area contributed by atoms with Gasteiger partial charge in [-0.3, -0.25) is 4.99 Å². The van der Waals surface area contributed by atoms with E-state index in [1.807, 2.05) is 48.7 Å². The van der Waals surface area contributed by atoms with Crippen molar-refractivity contribution >= 4 is 34.0 Å². The summed E-state index contributed by atoms with van der Waals surface area (Å²) in [5.41, 5.74) is 20.5. The molecule has 4 rings (SSSR count). The zero-order valence-electron chi connectivity index (χ0n) is 16.1. The van der Waals surface area contributed by atoms with Crippen LogP contribution in [-0.2, 0) is 0 Å². The molecule has 4 aromatic rings. The minimum Gasteiger partial charge on any atom is -0.398 e. The SMILES string of the molecule is Cc1cccc(C)c1N=Cc1ccccc1-c1ccc2c(N)cccc2c1N. The van der Waals surface area contributed by atoms with Gasteiger partial charge in [0.15, 0.2) is 0 Å². The van der Waals surface area contributed by atoms with Crippen molar-refractivity contribution in [3.05, 3.63) is 89.5 Å². The normalized spacial score (nSPS) is 11.4. The average molecular weight is 365 g/mol. The highest BCUT2D eigenvalue weighted by atomic mass is 14.7. The van der Waals surface area contributed by atoms with E-state index in [0.717, 1.165) is 55.7 Å². The average Bonchev–Trinajstić information content (AvgIpc) is 2.69. The number of hydrogen-bond acceptors (Lipinski definition) is 3. The molecule has 0 spiro atoms. The molecule has 0 amide bonds. The number of nitrogens with two attached hydrogens (primary N) is 2. The third-order valence-electron chi connectivity index (χ3n) is 5.16. The van der Waals surface area contributed by atoms with Crippen molar-refractivity contribution in [1.29, 1.82) is 0 Å². The highest BCUT2D eigenvalue weighted by Crippen LogP contribution is 2.36. The standard InChI is InChI=1S/C25H23N3/c1-16-7-5-8-17(2)25(16)28-15-18-9-3-4-10-19(18)22-14-13-20-21(24(22)27)11-6-12-23(20)26/h3-15H,26-27H2,1-2H3. The molecule has 0 saturated carbocycles. The Morgan fingerprint density at radius 1 is 0.679 bits per heavy atom. The number of fused-ring (bicyclic) bond motifs is 1. The third kappa shape index (κ3) is 3.12. The van der Waals surface area contributed by atoms with Gasteiger partial charge in [0, 0.05) is 39.5 Å². The lowest BCUT2D eigenvalue weighted by Gasteiger charge is -2.13. The van der Waals surface area contributed by atoms with Gasteiger partial charge in [-0.05, 0) is 36.6 Å². The van der Waals surface area contributed by atoms with Gasteiger partial charge in [-0.1, -0.05) is 66.7 Å². The summed E-state index contributed by atoms with van der Waals surface area (Å²) in [5, 5.41) is 1.95. The second-order valence-electron chi connectivity index (χ2n) is 7.06. The van der Waals surface area contributed by atoms with E-state index in [0.29, 0.717) is 0 Å². The molecule has 3 nitrogen and oxygen atoms in total. The lowest BCUT2D eigenvalue weighted by atomic mass is 9.95. The van der Waals surface area contributed by atoms with Crippen LogP contribution in [-0.4, -0.2) is 6.21 Å². The van der Waals surface area contributed by atoms with Crippen LogP contribution in [0.25, 0.3) is 21.9 Å². The van der Waals surface area contributed by atoms with E-state index < -0.39 is 0 Å². The fourth-order valence-corrected chi connectivity index (χ4v) is 3.64. The fraction of sp³-hybridized carbons (Fsp3) is 0.0800. The molecule has 0 heterocycles. The van der Waals surface area contributed by atoms with Gasteiger partial charge < -0.3 is 11.5 Å². The summed E-state index contributed by atoms with van der Waals surface area (Å²) in [4.78, 5) is 4.78. The van der Waals surface area contributed by atoms with Crippen LogP contribution in [0.5, 0.6) is 0 Å². The summed E-state index contributed by atoms with van der Waals surface area (Å²) in [6.45, 7) is 4.16. The lowest BCUT2D eigenvalue weighted by Crippen LogP contribution is -1.96. The molecule has 138 valence electrons. The van der Waals surface area contributed by atoms with E-state index in [9.17, 15) is 0 Å². The van der Waals surface area contributed by atoms with Crippen molar-refractivity contribution < 1.29 is 0 Å². The van der Waals surface area contributed by atoms with Crippen molar-refractivity contribution in [2.45, 2.75) is 13.8 Å². The number of nitrogen functional groups attached to an aromatic ring is 2. The molecule has 0 atom stereocenters. The van der Waals surface area contributed by atoms with E-state index in [1.165, 1.54) is 0 Å². The molecule has 0 saturated heterocycles. The first kappa shape index (κ1) is 17.8. The number of para-hydroxylation sites is 1. The first-order chi connectivity index (χ1) is 13.6. The molecule has 0 aliphatic carbocycles. The number of benzene rings is 4. The number of rotatable bonds is 3. The molecule has 0 unspecified atom stereocenters. The van der Waals surface area contributed by atoms with Gasteiger partial charge in [0.1, 0.15) is 0 Å². The zero-order chi connectivity index (χ0) is 19.7. The van der Waals surface area contributed by atoms with E-state index in [-0.39, 0.29) is 0 Å². The Balaban J connectivity index is 1.84. The van der Waals surface area contributed by atoms with Crippen LogP contribution in [0.2, 0.25) is 0 Å². The minimum atomic E-state index is 0.734. The van der Waals surface area contributed by atoms with Gasteiger partial charge in [0.25, 0.3) is 0 Å². The maximum Gasteiger partial charge on any atom is 0.0688 e. The number of anilines is 2. The van der Waals surface area contributed by atoms with Crippen molar-refractivity contribution in [2.24, 2.45) is 4.99 Å². The molecule has 4 aromatic carbocycles. The van der Waals surface area contributed by atoms with Crippen LogP contribution < -0.4 is 11.5 Å². The zero-order valence-corrected chi connectivity index (χ0v) is 16.1. The predicted octanol–water partition coefficient (Wildman–Crippen LogP) is 6.04. The van der Waals surface area contributed by atoms with Crippen LogP contribution in [0.4, 0.5) is 17.1 Å². The van der Waals surface area contributed by atoms with Crippen LogP contribution in [0, 0.1) is 13.8 Å². The maximum absolute atomic E-state index is 6.54. The minimum absolute atomic E-state index is 0.734. The first-order valence-electron chi connectivity index (χ1n) is 9.32. The first-order valence-corrected chi connectivity index (χ1v) is 9.32. The van der Waals surface area contributed by atoms with Crippen LogP contribution in [0.1, 0.15) is 16.7 Å². The molecule has 0 bridgehead atoms.